The minimum atomic E-state index is -0.194. The van der Waals surface area contributed by atoms with Crippen LogP contribution >= 0.6 is 0 Å². The van der Waals surface area contributed by atoms with E-state index in [0.717, 1.165) is 24.0 Å². The van der Waals surface area contributed by atoms with Crippen molar-refractivity contribution in [3.8, 4) is 0 Å². The van der Waals surface area contributed by atoms with Crippen LogP contribution < -0.4 is 0 Å². The molecule has 3 aromatic rings. The first-order valence-electron chi connectivity index (χ1n) is 9.01. The van der Waals surface area contributed by atoms with E-state index in [-0.39, 0.29) is 19.1 Å². The normalized spacial score (nSPS) is 15.0. The highest BCUT2D eigenvalue weighted by molar-refractivity contribution is 5.96. The molecule has 0 saturated heterocycles. The summed E-state index contributed by atoms with van der Waals surface area (Å²) in [7, 11) is 0. The molecular weight excluding hydrogens is 332 g/mol. The Kier molecular flexibility index (Phi) is 4.71. The maximum atomic E-state index is 12.9. The maximum Gasteiger partial charge on any atom is 0.255 e. The van der Waals surface area contributed by atoms with Crippen LogP contribution in [0.5, 0.6) is 0 Å². The van der Waals surface area contributed by atoms with Crippen LogP contribution in [0.3, 0.4) is 0 Å². The lowest BCUT2D eigenvalue weighted by Gasteiger charge is -2.20. The van der Waals surface area contributed by atoms with E-state index in [0.29, 0.717) is 23.9 Å². The van der Waals surface area contributed by atoms with E-state index in [2.05, 4.69) is 14.5 Å². The quantitative estimate of drug-likeness (QED) is 0.736. The Morgan fingerprint density at radius 1 is 1.35 bits per heavy atom. The molecule has 0 unspecified atom stereocenters. The first-order chi connectivity index (χ1) is 12.8. The molecule has 1 N–H and O–H groups in total. The molecule has 4 rings (SSSR count). The SMILES string of the molecule is O=C(c1cnc2c(c1)ncn2C1CCCC1)N(CCO)Cc1ccco1. The van der Waals surface area contributed by atoms with E-state index in [1.807, 2.05) is 12.4 Å². The smallest absolute Gasteiger partial charge is 0.255 e. The molecular formula is C19H22N4O3. The Hall–Kier alpha value is -2.67. The summed E-state index contributed by atoms with van der Waals surface area (Å²) < 4.78 is 7.45. The number of carbonyl (C=O) groups excluding carboxylic acids is 1. The highest BCUT2D eigenvalue weighted by Gasteiger charge is 2.22. The molecule has 0 atom stereocenters. The minimum Gasteiger partial charge on any atom is -0.467 e. The van der Waals surface area contributed by atoms with Crippen molar-refractivity contribution in [1.82, 2.24) is 19.4 Å². The van der Waals surface area contributed by atoms with Crippen molar-refractivity contribution in [3.05, 3.63) is 48.3 Å². The van der Waals surface area contributed by atoms with Crippen molar-refractivity contribution in [3.63, 3.8) is 0 Å². The van der Waals surface area contributed by atoms with E-state index in [1.54, 1.807) is 29.5 Å². The fourth-order valence-electron chi connectivity index (χ4n) is 3.63. The number of aliphatic hydroxyl groups is 1. The highest BCUT2D eigenvalue weighted by Crippen LogP contribution is 2.31. The topological polar surface area (TPSA) is 84.4 Å². The summed E-state index contributed by atoms with van der Waals surface area (Å²) in [4.78, 5) is 23.4. The number of hydrogen-bond acceptors (Lipinski definition) is 5. The fourth-order valence-corrected chi connectivity index (χ4v) is 3.63. The lowest BCUT2D eigenvalue weighted by atomic mass is 10.2. The molecule has 0 bridgehead atoms. The van der Waals surface area contributed by atoms with Crippen LogP contribution in [0.2, 0.25) is 0 Å². The molecule has 1 fully saturated rings. The van der Waals surface area contributed by atoms with Crippen LogP contribution in [0.25, 0.3) is 11.2 Å². The third-order valence-electron chi connectivity index (χ3n) is 4.96. The second kappa shape index (κ2) is 7.29. The third kappa shape index (κ3) is 3.22. The lowest BCUT2D eigenvalue weighted by molar-refractivity contribution is 0.0694. The summed E-state index contributed by atoms with van der Waals surface area (Å²) in [5.41, 5.74) is 2.02. The average Bonchev–Trinajstić information content (AvgIpc) is 3.40. The van der Waals surface area contributed by atoms with Crippen LogP contribution in [-0.2, 0) is 6.54 Å². The molecule has 1 aliphatic carbocycles. The van der Waals surface area contributed by atoms with E-state index < -0.39 is 0 Å². The molecule has 7 nitrogen and oxygen atoms in total. The number of aromatic nitrogens is 3. The van der Waals surface area contributed by atoms with Gasteiger partial charge in [0.2, 0.25) is 0 Å². The van der Waals surface area contributed by atoms with Gasteiger partial charge in [0.1, 0.15) is 11.3 Å². The van der Waals surface area contributed by atoms with Crippen molar-refractivity contribution >= 4 is 17.1 Å². The van der Waals surface area contributed by atoms with Crippen LogP contribution in [-0.4, -0.2) is 43.6 Å². The summed E-state index contributed by atoms with van der Waals surface area (Å²) in [6.07, 6.45) is 9.79. The van der Waals surface area contributed by atoms with Gasteiger partial charge in [-0.15, -0.1) is 0 Å². The number of nitrogens with zero attached hydrogens (tertiary/aromatic N) is 4. The van der Waals surface area contributed by atoms with Gasteiger partial charge in [-0.05, 0) is 31.0 Å². The summed E-state index contributed by atoms with van der Waals surface area (Å²) >= 11 is 0. The Bertz CT molecular complexity index is 881. The van der Waals surface area contributed by atoms with Crippen molar-refractivity contribution in [2.45, 2.75) is 38.3 Å². The zero-order valence-electron chi connectivity index (χ0n) is 14.5. The van der Waals surface area contributed by atoms with Gasteiger partial charge in [0.25, 0.3) is 5.91 Å². The van der Waals surface area contributed by atoms with Gasteiger partial charge in [-0.25, -0.2) is 9.97 Å². The molecule has 0 aliphatic heterocycles. The molecule has 3 aromatic heterocycles. The van der Waals surface area contributed by atoms with Crippen molar-refractivity contribution < 1.29 is 14.3 Å². The third-order valence-corrected chi connectivity index (χ3v) is 4.96. The monoisotopic (exact) mass is 354 g/mol. The molecule has 26 heavy (non-hydrogen) atoms. The Morgan fingerprint density at radius 2 is 2.19 bits per heavy atom. The highest BCUT2D eigenvalue weighted by atomic mass is 16.3. The maximum absolute atomic E-state index is 12.9. The number of carbonyl (C=O) groups is 1. The fraction of sp³-hybridized carbons (Fsp3) is 0.421. The standard InChI is InChI=1S/C19H22N4O3/c24-8-7-22(12-16-6-3-9-26-16)19(25)14-10-17-18(20-11-14)23(13-21-17)15-4-1-2-5-15/h3,6,9-11,13,15,24H,1-2,4-5,7-8,12H2. The van der Waals surface area contributed by atoms with Crippen LogP contribution in [0.4, 0.5) is 0 Å². The molecule has 0 radical (unpaired) electrons. The van der Waals surface area contributed by atoms with Gasteiger partial charge in [-0.2, -0.15) is 0 Å². The van der Waals surface area contributed by atoms with E-state index in [1.165, 1.54) is 12.8 Å². The summed E-state index contributed by atoms with van der Waals surface area (Å²) in [6, 6.07) is 5.82. The van der Waals surface area contributed by atoms with Crippen molar-refractivity contribution in [2.24, 2.45) is 0 Å². The zero-order valence-corrected chi connectivity index (χ0v) is 14.5. The largest absolute Gasteiger partial charge is 0.467 e. The predicted molar refractivity (Wildman–Crippen MR) is 95.6 cm³/mol. The van der Waals surface area contributed by atoms with Crippen LogP contribution in [0.15, 0.2) is 41.4 Å². The van der Waals surface area contributed by atoms with Gasteiger partial charge in [0, 0.05) is 18.8 Å². The van der Waals surface area contributed by atoms with E-state index in [9.17, 15) is 9.90 Å². The number of rotatable bonds is 6. The van der Waals surface area contributed by atoms with Gasteiger partial charge in [-0.3, -0.25) is 4.79 Å². The summed E-state index contributed by atoms with van der Waals surface area (Å²) in [5, 5.41) is 9.30. The van der Waals surface area contributed by atoms with Gasteiger partial charge >= 0.3 is 0 Å². The molecule has 1 aliphatic rings. The van der Waals surface area contributed by atoms with Gasteiger partial charge in [-0.1, -0.05) is 12.8 Å². The van der Waals surface area contributed by atoms with E-state index >= 15 is 0 Å². The number of hydrogen-bond donors (Lipinski definition) is 1. The Morgan fingerprint density at radius 3 is 2.92 bits per heavy atom. The van der Waals surface area contributed by atoms with Gasteiger partial charge < -0.3 is 19.0 Å². The number of pyridine rings is 1. The summed E-state index contributed by atoms with van der Waals surface area (Å²) in [5.74, 6) is 0.478. The first-order valence-corrected chi connectivity index (χ1v) is 9.01. The number of fused-ring (bicyclic) bond motifs is 1. The Labute approximate surface area is 151 Å². The van der Waals surface area contributed by atoms with E-state index in [4.69, 9.17) is 4.42 Å². The predicted octanol–water partition coefficient (Wildman–Crippen LogP) is 2.77. The van der Waals surface area contributed by atoms with Crippen LogP contribution in [0.1, 0.15) is 47.8 Å². The molecule has 0 aromatic carbocycles. The number of furan rings is 1. The van der Waals surface area contributed by atoms with Crippen molar-refractivity contribution in [1.29, 1.82) is 0 Å². The second-order valence-electron chi connectivity index (χ2n) is 6.69. The average molecular weight is 354 g/mol. The molecule has 1 saturated carbocycles. The number of amides is 1. The van der Waals surface area contributed by atoms with Gasteiger partial charge in [0.15, 0.2) is 5.65 Å². The molecule has 0 spiro atoms. The van der Waals surface area contributed by atoms with Crippen LogP contribution in [0, 0.1) is 0 Å². The molecule has 136 valence electrons. The Balaban J connectivity index is 1.59. The minimum absolute atomic E-state index is 0.113. The summed E-state index contributed by atoms with van der Waals surface area (Å²) in [6.45, 7) is 0.424. The lowest BCUT2D eigenvalue weighted by Crippen LogP contribution is -2.33. The second-order valence-corrected chi connectivity index (χ2v) is 6.69. The molecule has 1 amide bonds. The zero-order chi connectivity index (χ0) is 17.9. The first kappa shape index (κ1) is 16.8. The number of imidazole rings is 1. The molecule has 7 heteroatoms. The number of aliphatic hydroxyl groups excluding tert-OH is 1. The van der Waals surface area contributed by atoms with Crippen molar-refractivity contribution in [2.75, 3.05) is 13.2 Å². The van der Waals surface area contributed by atoms with Gasteiger partial charge in [0.05, 0.1) is 31.3 Å². The molecule has 3 heterocycles.